The van der Waals surface area contributed by atoms with Crippen molar-refractivity contribution in [1.29, 1.82) is 0 Å². The van der Waals surface area contributed by atoms with Gasteiger partial charge >= 0.3 is 0 Å². The van der Waals surface area contributed by atoms with Gasteiger partial charge in [-0.3, -0.25) is 14.3 Å². The molecule has 34 heavy (non-hydrogen) atoms. The highest BCUT2D eigenvalue weighted by atomic mass is 32.2. The van der Waals surface area contributed by atoms with Crippen LogP contribution in [0.2, 0.25) is 0 Å². The molecule has 0 unspecified atom stereocenters. The highest BCUT2D eigenvalue weighted by Gasteiger charge is 2.18. The predicted molar refractivity (Wildman–Crippen MR) is 140 cm³/mol. The number of thiophene rings is 1. The van der Waals surface area contributed by atoms with Crippen LogP contribution >= 0.6 is 23.1 Å². The fourth-order valence-electron chi connectivity index (χ4n) is 4.27. The van der Waals surface area contributed by atoms with E-state index in [1.54, 1.807) is 11.7 Å². The molecule has 4 aromatic rings. The number of ether oxygens (including phenoxy) is 2. The van der Waals surface area contributed by atoms with Gasteiger partial charge in [-0.15, -0.1) is 11.3 Å². The van der Waals surface area contributed by atoms with Crippen LogP contribution in [0.1, 0.15) is 12.8 Å². The number of aromatic nitrogens is 2. The summed E-state index contributed by atoms with van der Waals surface area (Å²) in [5, 5.41) is 0.639. The van der Waals surface area contributed by atoms with Gasteiger partial charge in [-0.05, 0) is 55.9 Å². The molecule has 3 heterocycles. The average molecular weight is 494 g/mol. The lowest BCUT2D eigenvalue weighted by atomic mass is 10.2. The van der Waals surface area contributed by atoms with E-state index in [0.717, 1.165) is 35.6 Å². The van der Waals surface area contributed by atoms with E-state index in [9.17, 15) is 4.79 Å². The van der Waals surface area contributed by atoms with Crippen molar-refractivity contribution in [3.63, 3.8) is 0 Å². The lowest BCUT2D eigenvalue weighted by Gasteiger charge is -2.17. The molecule has 0 amide bonds. The number of fused-ring (bicyclic) bond motifs is 1. The Labute approximate surface area is 207 Å². The molecule has 1 saturated heterocycles. The minimum absolute atomic E-state index is 0.0775. The van der Waals surface area contributed by atoms with E-state index in [0.29, 0.717) is 33.6 Å². The zero-order chi connectivity index (χ0) is 23.5. The predicted octanol–water partition coefficient (Wildman–Crippen LogP) is 5.32. The van der Waals surface area contributed by atoms with Gasteiger partial charge in [0.05, 0.1) is 18.3 Å². The quantitative estimate of drug-likeness (QED) is 0.245. The molecule has 2 aromatic heterocycles. The van der Waals surface area contributed by atoms with Crippen LogP contribution in [0.4, 0.5) is 0 Å². The Hall–Kier alpha value is -2.81. The molecular weight excluding hydrogens is 466 g/mol. The smallest absolute Gasteiger partial charge is 0.276 e. The molecule has 0 bridgehead atoms. The normalized spacial score (nSPS) is 14.1. The van der Waals surface area contributed by atoms with Gasteiger partial charge in [-0.2, -0.15) is 0 Å². The largest absolute Gasteiger partial charge is 0.493 e. The molecule has 1 aliphatic heterocycles. The number of methoxy groups -OCH3 is 1. The zero-order valence-electron chi connectivity index (χ0n) is 19.3. The molecule has 1 aliphatic rings. The lowest BCUT2D eigenvalue weighted by molar-refractivity contribution is 0.230. The standard InChI is InChI=1S/C26H27N3O3S2/c1-31-22-16-19(10-11-21(22)32-15-14-28-12-6-7-13-28)29-25(30)24-20(27-26(29)33-2)17-23(34-24)18-8-4-3-5-9-18/h3-5,8-11,16-17H,6-7,12-15H2,1-2H3. The third-order valence-electron chi connectivity index (χ3n) is 6.03. The summed E-state index contributed by atoms with van der Waals surface area (Å²) in [5.74, 6) is 1.29. The van der Waals surface area contributed by atoms with Crippen molar-refractivity contribution in [2.75, 3.05) is 39.6 Å². The van der Waals surface area contributed by atoms with E-state index >= 15 is 0 Å². The summed E-state index contributed by atoms with van der Waals surface area (Å²) < 4.78 is 13.9. The Morgan fingerprint density at radius 2 is 1.85 bits per heavy atom. The van der Waals surface area contributed by atoms with E-state index in [1.165, 1.54) is 35.9 Å². The number of nitrogens with zero attached hydrogens (tertiary/aromatic N) is 3. The SMILES string of the molecule is COc1cc(-n2c(SC)nc3cc(-c4ccccc4)sc3c2=O)ccc1OCCN1CCCC1. The van der Waals surface area contributed by atoms with Crippen molar-refractivity contribution in [3.05, 3.63) is 65.0 Å². The average Bonchev–Trinajstić information content (AvgIpc) is 3.55. The molecule has 0 aliphatic carbocycles. The van der Waals surface area contributed by atoms with Crippen LogP contribution in [0.5, 0.6) is 11.5 Å². The van der Waals surface area contributed by atoms with Crippen LogP contribution in [0.25, 0.3) is 26.3 Å². The minimum Gasteiger partial charge on any atom is -0.493 e. The Bertz CT molecular complexity index is 1340. The first kappa shape index (κ1) is 23.0. The third-order valence-corrected chi connectivity index (χ3v) is 7.83. The van der Waals surface area contributed by atoms with E-state index in [4.69, 9.17) is 14.5 Å². The number of hydrogen-bond acceptors (Lipinski definition) is 7. The number of hydrogen-bond donors (Lipinski definition) is 0. The summed E-state index contributed by atoms with van der Waals surface area (Å²) in [5.41, 5.74) is 2.44. The van der Waals surface area contributed by atoms with Gasteiger partial charge in [0, 0.05) is 17.5 Å². The molecule has 6 nitrogen and oxygen atoms in total. The van der Waals surface area contributed by atoms with Crippen molar-refractivity contribution in [2.24, 2.45) is 0 Å². The van der Waals surface area contributed by atoms with Crippen molar-refractivity contribution in [2.45, 2.75) is 18.0 Å². The molecule has 5 rings (SSSR count). The molecular formula is C26H27N3O3S2. The molecule has 1 fully saturated rings. The van der Waals surface area contributed by atoms with Crippen molar-refractivity contribution in [1.82, 2.24) is 14.5 Å². The van der Waals surface area contributed by atoms with Crippen molar-refractivity contribution < 1.29 is 9.47 Å². The van der Waals surface area contributed by atoms with E-state index in [1.807, 2.05) is 60.9 Å². The Balaban J connectivity index is 1.48. The number of thioether (sulfide) groups is 1. The van der Waals surface area contributed by atoms with Crippen LogP contribution in [-0.4, -0.2) is 54.1 Å². The zero-order valence-corrected chi connectivity index (χ0v) is 21.0. The summed E-state index contributed by atoms with van der Waals surface area (Å²) in [4.78, 5) is 21.9. The fourth-order valence-corrected chi connectivity index (χ4v) is 5.87. The van der Waals surface area contributed by atoms with Gasteiger partial charge in [-0.25, -0.2) is 4.98 Å². The van der Waals surface area contributed by atoms with Gasteiger partial charge in [0.2, 0.25) is 0 Å². The second-order valence-corrected chi connectivity index (χ2v) is 9.99. The summed E-state index contributed by atoms with van der Waals surface area (Å²) >= 11 is 2.92. The molecule has 8 heteroatoms. The van der Waals surface area contributed by atoms with Gasteiger partial charge in [-0.1, -0.05) is 42.1 Å². The number of likely N-dealkylation sites (tertiary alicyclic amines) is 1. The summed E-state index contributed by atoms with van der Waals surface area (Å²) in [6, 6.07) is 17.7. The molecule has 0 radical (unpaired) electrons. The van der Waals surface area contributed by atoms with Crippen molar-refractivity contribution >= 4 is 33.3 Å². The van der Waals surface area contributed by atoms with Crippen LogP contribution in [0.3, 0.4) is 0 Å². The van der Waals surface area contributed by atoms with Gasteiger partial charge < -0.3 is 9.47 Å². The molecule has 0 N–H and O–H groups in total. The molecule has 0 atom stereocenters. The first-order valence-electron chi connectivity index (χ1n) is 11.4. The van der Waals surface area contributed by atoms with Gasteiger partial charge in [0.25, 0.3) is 5.56 Å². The van der Waals surface area contributed by atoms with Crippen LogP contribution in [0, 0.1) is 0 Å². The maximum atomic E-state index is 13.6. The second kappa shape index (κ2) is 10.2. The maximum absolute atomic E-state index is 13.6. The Morgan fingerprint density at radius 3 is 2.59 bits per heavy atom. The van der Waals surface area contributed by atoms with Crippen LogP contribution in [-0.2, 0) is 0 Å². The first-order chi connectivity index (χ1) is 16.7. The molecule has 176 valence electrons. The van der Waals surface area contributed by atoms with Crippen LogP contribution in [0.15, 0.2) is 64.5 Å². The summed E-state index contributed by atoms with van der Waals surface area (Å²) in [6.07, 6.45) is 4.46. The Morgan fingerprint density at radius 1 is 1.06 bits per heavy atom. The maximum Gasteiger partial charge on any atom is 0.276 e. The van der Waals surface area contributed by atoms with E-state index in [-0.39, 0.29) is 5.56 Å². The summed E-state index contributed by atoms with van der Waals surface area (Å²) in [7, 11) is 1.62. The molecule has 0 spiro atoms. The van der Waals surface area contributed by atoms with E-state index < -0.39 is 0 Å². The molecule has 2 aromatic carbocycles. The van der Waals surface area contributed by atoms with Gasteiger partial charge in [0.1, 0.15) is 11.3 Å². The van der Waals surface area contributed by atoms with Crippen LogP contribution < -0.4 is 15.0 Å². The second-order valence-electron chi connectivity index (χ2n) is 8.16. The first-order valence-corrected chi connectivity index (χ1v) is 13.4. The lowest BCUT2D eigenvalue weighted by Crippen LogP contribution is -2.25. The topological polar surface area (TPSA) is 56.6 Å². The Kier molecular flexibility index (Phi) is 6.89. The monoisotopic (exact) mass is 493 g/mol. The fraction of sp³-hybridized carbons (Fsp3) is 0.308. The van der Waals surface area contributed by atoms with E-state index in [2.05, 4.69) is 4.90 Å². The highest BCUT2D eigenvalue weighted by molar-refractivity contribution is 7.98. The van der Waals surface area contributed by atoms with Crippen molar-refractivity contribution in [3.8, 4) is 27.6 Å². The third kappa shape index (κ3) is 4.58. The highest BCUT2D eigenvalue weighted by Crippen LogP contribution is 2.34. The number of benzene rings is 2. The molecule has 0 saturated carbocycles. The van der Waals surface area contributed by atoms with Gasteiger partial charge in [0.15, 0.2) is 16.7 Å². The number of rotatable bonds is 8. The summed E-state index contributed by atoms with van der Waals surface area (Å²) in [6.45, 7) is 3.80. The minimum atomic E-state index is -0.0775.